The van der Waals surface area contributed by atoms with Crippen LogP contribution in [0.15, 0.2) is 24.4 Å². The highest BCUT2D eigenvalue weighted by molar-refractivity contribution is 7.71. The number of nitrogens with zero attached hydrogens (tertiary/aromatic N) is 1. The highest BCUT2D eigenvalue weighted by atomic mass is 35.5. The van der Waals surface area contributed by atoms with Crippen LogP contribution >= 0.6 is 23.8 Å². The molecule has 1 heterocycles. The third kappa shape index (κ3) is 2.37. The van der Waals surface area contributed by atoms with Gasteiger partial charge in [-0.1, -0.05) is 17.7 Å². The van der Waals surface area contributed by atoms with Gasteiger partial charge in [0.1, 0.15) is 5.75 Å². The molecule has 0 fully saturated rings. The number of ether oxygens (including phenoxy) is 1. The fraction of sp³-hybridized carbons (Fsp3) is 0.250. The van der Waals surface area contributed by atoms with Crippen LogP contribution in [0.25, 0.3) is 0 Å². The molecule has 0 aliphatic carbocycles. The summed E-state index contributed by atoms with van der Waals surface area (Å²) in [6.07, 6.45) is 1.88. The van der Waals surface area contributed by atoms with Gasteiger partial charge in [-0.3, -0.25) is 0 Å². The summed E-state index contributed by atoms with van der Waals surface area (Å²) in [5.74, 6) is 0.778. The normalized spacial score (nSPS) is 10.5. The molecule has 1 N–H and O–H groups in total. The van der Waals surface area contributed by atoms with E-state index in [2.05, 4.69) is 4.98 Å². The smallest absolute Gasteiger partial charge is 0.177 e. The van der Waals surface area contributed by atoms with E-state index in [4.69, 9.17) is 28.6 Å². The van der Waals surface area contributed by atoms with Crippen molar-refractivity contribution in [2.24, 2.45) is 0 Å². The predicted molar refractivity (Wildman–Crippen MR) is 71.5 cm³/mol. The summed E-state index contributed by atoms with van der Waals surface area (Å²) in [4.78, 5) is 3.01. The van der Waals surface area contributed by atoms with Gasteiger partial charge in [0.25, 0.3) is 0 Å². The third-order valence-corrected chi connectivity index (χ3v) is 3.38. The maximum absolute atomic E-state index is 6.19. The molecule has 1 aromatic carbocycles. The lowest BCUT2D eigenvalue weighted by Crippen LogP contribution is -2.04. The monoisotopic (exact) mass is 268 g/mol. The molecule has 2 aromatic rings. The number of hydrogen-bond acceptors (Lipinski definition) is 2. The number of rotatable bonds is 3. The van der Waals surface area contributed by atoms with E-state index in [0.717, 1.165) is 17.0 Å². The first-order chi connectivity index (χ1) is 8.13. The van der Waals surface area contributed by atoms with Gasteiger partial charge in [-0.15, -0.1) is 0 Å². The Balaban J connectivity index is 2.46. The SMILES string of the molecule is COc1cccc(Cl)c1Cn1c(C)c[nH]c1=S. The van der Waals surface area contributed by atoms with Crippen molar-refractivity contribution in [1.29, 1.82) is 0 Å². The highest BCUT2D eigenvalue weighted by Crippen LogP contribution is 2.27. The molecule has 0 bridgehead atoms. The second kappa shape index (κ2) is 4.94. The fourth-order valence-corrected chi connectivity index (χ4v) is 2.21. The van der Waals surface area contributed by atoms with Crippen LogP contribution < -0.4 is 4.74 Å². The number of aryl methyl sites for hydroxylation is 1. The molecule has 0 spiro atoms. The molecule has 2 rings (SSSR count). The van der Waals surface area contributed by atoms with Gasteiger partial charge in [0.15, 0.2) is 4.77 Å². The van der Waals surface area contributed by atoms with Crippen LogP contribution in [0.2, 0.25) is 5.02 Å². The summed E-state index contributed by atoms with van der Waals surface area (Å²) in [7, 11) is 1.64. The maximum Gasteiger partial charge on any atom is 0.177 e. The number of methoxy groups -OCH3 is 1. The number of benzene rings is 1. The standard InChI is InChI=1S/C12H13ClN2OS/c1-8-6-14-12(17)15(8)7-9-10(13)4-3-5-11(9)16-2/h3-6H,7H2,1-2H3,(H,14,17). The van der Waals surface area contributed by atoms with E-state index in [1.807, 2.05) is 35.9 Å². The van der Waals surface area contributed by atoms with E-state index in [1.54, 1.807) is 7.11 Å². The summed E-state index contributed by atoms with van der Waals surface area (Å²) < 4.78 is 7.98. The van der Waals surface area contributed by atoms with Crippen molar-refractivity contribution in [3.8, 4) is 5.75 Å². The third-order valence-electron chi connectivity index (χ3n) is 2.69. The molecule has 90 valence electrons. The second-order valence-corrected chi connectivity index (χ2v) is 4.54. The topological polar surface area (TPSA) is 29.9 Å². The molecule has 0 amide bonds. The quantitative estimate of drug-likeness (QED) is 0.863. The first kappa shape index (κ1) is 12.2. The minimum atomic E-state index is 0.608. The van der Waals surface area contributed by atoms with Gasteiger partial charge in [0.05, 0.1) is 13.7 Å². The van der Waals surface area contributed by atoms with Crippen molar-refractivity contribution in [2.45, 2.75) is 13.5 Å². The van der Waals surface area contributed by atoms with E-state index in [0.29, 0.717) is 16.3 Å². The van der Waals surface area contributed by atoms with Crippen molar-refractivity contribution in [1.82, 2.24) is 9.55 Å². The zero-order chi connectivity index (χ0) is 12.4. The Kier molecular flexibility index (Phi) is 3.54. The summed E-state index contributed by atoms with van der Waals surface area (Å²) in [5, 5.41) is 0.687. The number of aromatic amines is 1. The van der Waals surface area contributed by atoms with Gasteiger partial charge in [-0.25, -0.2) is 0 Å². The van der Waals surface area contributed by atoms with Crippen molar-refractivity contribution in [3.05, 3.63) is 45.4 Å². The van der Waals surface area contributed by atoms with Crippen LogP contribution in [-0.4, -0.2) is 16.7 Å². The second-order valence-electron chi connectivity index (χ2n) is 3.74. The van der Waals surface area contributed by atoms with Crippen LogP contribution in [0, 0.1) is 11.7 Å². The summed E-state index contributed by atoms with van der Waals surface area (Å²) in [5.41, 5.74) is 2.01. The molecule has 0 aliphatic heterocycles. The summed E-state index contributed by atoms with van der Waals surface area (Å²) in [6.45, 7) is 2.60. The van der Waals surface area contributed by atoms with E-state index in [9.17, 15) is 0 Å². The van der Waals surface area contributed by atoms with E-state index < -0.39 is 0 Å². The highest BCUT2D eigenvalue weighted by Gasteiger charge is 2.10. The van der Waals surface area contributed by atoms with Crippen LogP contribution in [0.1, 0.15) is 11.3 Å². The first-order valence-corrected chi connectivity index (χ1v) is 5.98. The van der Waals surface area contributed by atoms with E-state index >= 15 is 0 Å². The molecule has 0 aliphatic rings. The number of halogens is 1. The molecule has 0 saturated heterocycles. The van der Waals surface area contributed by atoms with Gasteiger partial charge in [0, 0.05) is 22.5 Å². The Bertz CT molecular complexity index is 588. The van der Waals surface area contributed by atoms with E-state index in [-0.39, 0.29) is 0 Å². The van der Waals surface area contributed by atoms with Gasteiger partial charge in [-0.05, 0) is 31.3 Å². The Morgan fingerprint density at radius 3 is 2.82 bits per heavy atom. The Labute approximate surface area is 110 Å². The number of hydrogen-bond donors (Lipinski definition) is 1. The van der Waals surface area contributed by atoms with Crippen molar-refractivity contribution in [2.75, 3.05) is 7.11 Å². The lowest BCUT2D eigenvalue weighted by Gasteiger charge is -2.12. The van der Waals surface area contributed by atoms with Gasteiger partial charge in [0.2, 0.25) is 0 Å². The van der Waals surface area contributed by atoms with Gasteiger partial charge < -0.3 is 14.3 Å². The number of nitrogens with one attached hydrogen (secondary N) is 1. The summed E-state index contributed by atoms with van der Waals surface area (Å²) >= 11 is 11.4. The number of H-pyrrole nitrogens is 1. The van der Waals surface area contributed by atoms with Crippen molar-refractivity contribution < 1.29 is 4.74 Å². The first-order valence-electron chi connectivity index (χ1n) is 5.19. The van der Waals surface area contributed by atoms with Gasteiger partial charge in [-0.2, -0.15) is 0 Å². The Morgan fingerprint density at radius 2 is 2.24 bits per heavy atom. The van der Waals surface area contributed by atoms with Crippen molar-refractivity contribution in [3.63, 3.8) is 0 Å². The minimum absolute atomic E-state index is 0.608. The lowest BCUT2D eigenvalue weighted by molar-refractivity contribution is 0.408. The molecular weight excluding hydrogens is 256 g/mol. The zero-order valence-electron chi connectivity index (χ0n) is 9.66. The minimum Gasteiger partial charge on any atom is -0.496 e. The van der Waals surface area contributed by atoms with Crippen LogP contribution in [0.4, 0.5) is 0 Å². The molecule has 3 nitrogen and oxygen atoms in total. The number of aromatic nitrogens is 2. The molecule has 1 aromatic heterocycles. The maximum atomic E-state index is 6.19. The Morgan fingerprint density at radius 1 is 1.47 bits per heavy atom. The van der Waals surface area contributed by atoms with Crippen molar-refractivity contribution >= 4 is 23.8 Å². The zero-order valence-corrected chi connectivity index (χ0v) is 11.2. The average Bonchev–Trinajstić information content (AvgIpc) is 2.63. The largest absolute Gasteiger partial charge is 0.496 e. The van der Waals surface area contributed by atoms with Gasteiger partial charge >= 0.3 is 0 Å². The fourth-order valence-electron chi connectivity index (χ4n) is 1.72. The van der Waals surface area contributed by atoms with Crippen LogP contribution in [-0.2, 0) is 6.54 Å². The predicted octanol–water partition coefficient (Wildman–Crippen LogP) is 3.56. The molecule has 0 saturated carbocycles. The molecular formula is C12H13ClN2OS. The van der Waals surface area contributed by atoms with Crippen LogP contribution in [0.3, 0.4) is 0 Å². The van der Waals surface area contributed by atoms with Crippen LogP contribution in [0.5, 0.6) is 5.75 Å². The molecule has 5 heteroatoms. The lowest BCUT2D eigenvalue weighted by atomic mass is 10.2. The molecule has 0 atom stereocenters. The summed E-state index contributed by atoms with van der Waals surface area (Å²) in [6, 6.07) is 5.62. The molecule has 17 heavy (non-hydrogen) atoms. The number of imidazole rings is 1. The average molecular weight is 269 g/mol. The molecule has 0 radical (unpaired) electrons. The van der Waals surface area contributed by atoms with E-state index in [1.165, 1.54) is 0 Å². The molecule has 0 unspecified atom stereocenters. The Hall–Kier alpha value is -1.26.